The number of hydrogen-bond donors (Lipinski definition) is 1. The summed E-state index contributed by atoms with van der Waals surface area (Å²) >= 11 is 12.4. The highest BCUT2D eigenvalue weighted by atomic mass is 35.5. The molecule has 0 aliphatic heterocycles. The van der Waals surface area contributed by atoms with E-state index in [1.807, 2.05) is 12.1 Å². The number of fused-ring (bicyclic) bond motifs is 1. The number of rotatable bonds is 5. The Hall–Kier alpha value is -2.82. The van der Waals surface area contributed by atoms with Crippen LogP contribution in [0.4, 0.5) is 5.69 Å². The first-order valence-electron chi connectivity index (χ1n) is 9.72. The molecule has 1 aromatic heterocycles. The van der Waals surface area contributed by atoms with Crippen LogP contribution in [-0.2, 0) is 0 Å². The highest BCUT2D eigenvalue weighted by Crippen LogP contribution is 2.32. The van der Waals surface area contributed by atoms with Crippen molar-refractivity contribution in [3.63, 3.8) is 0 Å². The fourth-order valence-corrected chi connectivity index (χ4v) is 3.59. The zero-order valence-electron chi connectivity index (χ0n) is 16.6. The van der Waals surface area contributed by atoms with Crippen LogP contribution < -0.4 is 5.32 Å². The molecule has 1 atom stereocenters. The second-order valence-corrected chi connectivity index (χ2v) is 8.00. The van der Waals surface area contributed by atoms with Crippen molar-refractivity contribution in [3.8, 4) is 11.5 Å². The SMILES string of the molecule is CC[C@@H](C)c1ccc2oc(-c3ccc(Cl)c(NC(=O)c4ccccc4Cl)c3)nc2c1. The van der Waals surface area contributed by atoms with Crippen LogP contribution in [0.15, 0.2) is 65.1 Å². The number of aromatic nitrogens is 1. The predicted molar refractivity (Wildman–Crippen MR) is 123 cm³/mol. The average molecular weight is 439 g/mol. The van der Waals surface area contributed by atoms with Gasteiger partial charge in [0, 0.05) is 5.56 Å². The van der Waals surface area contributed by atoms with Crippen molar-refractivity contribution < 1.29 is 9.21 Å². The van der Waals surface area contributed by atoms with E-state index in [9.17, 15) is 4.79 Å². The Labute approximate surface area is 184 Å². The van der Waals surface area contributed by atoms with Crippen molar-refractivity contribution in [2.24, 2.45) is 0 Å². The summed E-state index contributed by atoms with van der Waals surface area (Å²) in [4.78, 5) is 17.3. The normalized spacial score (nSPS) is 12.1. The second kappa shape index (κ2) is 8.50. The van der Waals surface area contributed by atoms with Crippen molar-refractivity contribution in [1.29, 1.82) is 0 Å². The van der Waals surface area contributed by atoms with Gasteiger partial charge < -0.3 is 9.73 Å². The maximum atomic E-state index is 12.6. The number of anilines is 1. The molecule has 1 heterocycles. The Balaban J connectivity index is 1.66. The standard InChI is InChI=1S/C24H20Cl2N2O2/c1-3-14(2)15-9-11-22-21(12-15)28-24(30-22)16-8-10-19(26)20(13-16)27-23(29)17-6-4-5-7-18(17)25/h4-14H,3H2,1-2H3,(H,27,29)/t14-/m1/s1. The molecule has 152 valence electrons. The Morgan fingerprint density at radius 1 is 1.07 bits per heavy atom. The fourth-order valence-electron chi connectivity index (χ4n) is 3.20. The molecule has 0 bridgehead atoms. The van der Waals surface area contributed by atoms with E-state index in [2.05, 4.69) is 36.3 Å². The molecule has 6 heteroatoms. The van der Waals surface area contributed by atoms with Gasteiger partial charge in [-0.2, -0.15) is 0 Å². The van der Waals surface area contributed by atoms with E-state index in [-0.39, 0.29) is 5.91 Å². The van der Waals surface area contributed by atoms with Gasteiger partial charge in [-0.15, -0.1) is 0 Å². The van der Waals surface area contributed by atoms with Crippen LogP contribution in [0, 0.1) is 0 Å². The van der Waals surface area contributed by atoms with Gasteiger partial charge in [0.15, 0.2) is 5.58 Å². The topological polar surface area (TPSA) is 55.1 Å². The molecule has 0 spiro atoms. The largest absolute Gasteiger partial charge is 0.436 e. The van der Waals surface area contributed by atoms with Crippen LogP contribution in [0.5, 0.6) is 0 Å². The minimum atomic E-state index is -0.338. The van der Waals surface area contributed by atoms with Crippen LogP contribution in [-0.4, -0.2) is 10.9 Å². The second-order valence-electron chi connectivity index (χ2n) is 7.18. The zero-order valence-corrected chi connectivity index (χ0v) is 18.1. The summed E-state index contributed by atoms with van der Waals surface area (Å²) in [5, 5.41) is 3.60. The molecule has 0 saturated heterocycles. The molecular weight excluding hydrogens is 419 g/mol. The molecular formula is C24H20Cl2N2O2. The number of carbonyl (C=O) groups excluding carboxylic acids is 1. The molecule has 0 aliphatic carbocycles. The fraction of sp³-hybridized carbons (Fsp3) is 0.167. The molecule has 0 aliphatic rings. The summed E-state index contributed by atoms with van der Waals surface area (Å²) in [5.41, 5.74) is 4.30. The van der Waals surface area contributed by atoms with Crippen LogP contribution in [0.25, 0.3) is 22.6 Å². The van der Waals surface area contributed by atoms with E-state index in [0.29, 0.717) is 38.7 Å². The van der Waals surface area contributed by atoms with Crippen molar-refractivity contribution in [2.45, 2.75) is 26.2 Å². The van der Waals surface area contributed by atoms with Gasteiger partial charge in [-0.25, -0.2) is 4.98 Å². The molecule has 0 saturated carbocycles. The Bertz CT molecular complexity index is 1230. The summed E-state index contributed by atoms with van der Waals surface area (Å²) in [6.45, 7) is 4.35. The van der Waals surface area contributed by atoms with Gasteiger partial charge in [0.25, 0.3) is 5.91 Å². The lowest BCUT2D eigenvalue weighted by molar-refractivity contribution is 0.102. The van der Waals surface area contributed by atoms with Gasteiger partial charge in [0.2, 0.25) is 5.89 Å². The summed E-state index contributed by atoms with van der Waals surface area (Å²) < 4.78 is 5.94. The lowest BCUT2D eigenvalue weighted by Crippen LogP contribution is -2.12. The molecule has 4 rings (SSSR count). The van der Waals surface area contributed by atoms with E-state index in [0.717, 1.165) is 17.5 Å². The van der Waals surface area contributed by atoms with Crippen LogP contribution in [0.1, 0.15) is 42.1 Å². The van der Waals surface area contributed by atoms with Gasteiger partial charge in [-0.1, -0.05) is 55.2 Å². The van der Waals surface area contributed by atoms with Gasteiger partial charge in [0.05, 0.1) is 21.3 Å². The lowest BCUT2D eigenvalue weighted by atomic mass is 9.98. The smallest absolute Gasteiger partial charge is 0.257 e. The van der Waals surface area contributed by atoms with E-state index in [4.69, 9.17) is 27.6 Å². The number of oxazole rings is 1. The minimum absolute atomic E-state index is 0.338. The van der Waals surface area contributed by atoms with E-state index < -0.39 is 0 Å². The predicted octanol–water partition coefficient (Wildman–Crippen LogP) is 7.57. The number of hydrogen-bond acceptors (Lipinski definition) is 3. The number of halogens is 2. The van der Waals surface area contributed by atoms with Crippen molar-refractivity contribution in [2.75, 3.05) is 5.32 Å². The minimum Gasteiger partial charge on any atom is -0.436 e. The quantitative estimate of drug-likeness (QED) is 0.349. The molecule has 1 amide bonds. The average Bonchev–Trinajstić information content (AvgIpc) is 3.18. The molecule has 0 unspecified atom stereocenters. The summed E-state index contributed by atoms with van der Waals surface area (Å²) in [6, 6.07) is 18.2. The number of benzene rings is 3. The molecule has 0 fully saturated rings. The monoisotopic (exact) mass is 438 g/mol. The van der Waals surface area contributed by atoms with E-state index >= 15 is 0 Å². The third-order valence-electron chi connectivity index (χ3n) is 5.17. The van der Waals surface area contributed by atoms with Gasteiger partial charge in [-0.05, 0) is 60.4 Å². The number of carbonyl (C=O) groups is 1. The van der Waals surface area contributed by atoms with Crippen molar-refractivity contribution >= 4 is 45.9 Å². The van der Waals surface area contributed by atoms with Crippen molar-refractivity contribution in [1.82, 2.24) is 4.98 Å². The Morgan fingerprint density at radius 2 is 1.87 bits per heavy atom. The maximum absolute atomic E-state index is 12.6. The van der Waals surface area contributed by atoms with Gasteiger partial charge in [0.1, 0.15) is 5.52 Å². The summed E-state index contributed by atoms with van der Waals surface area (Å²) in [6.07, 6.45) is 1.06. The van der Waals surface area contributed by atoms with E-state index in [1.54, 1.807) is 36.4 Å². The third kappa shape index (κ3) is 4.07. The first-order chi connectivity index (χ1) is 14.5. The molecule has 4 aromatic rings. The first-order valence-corrected chi connectivity index (χ1v) is 10.5. The van der Waals surface area contributed by atoms with Crippen LogP contribution in [0.2, 0.25) is 10.0 Å². The lowest BCUT2D eigenvalue weighted by Gasteiger charge is -2.09. The number of amides is 1. The maximum Gasteiger partial charge on any atom is 0.257 e. The summed E-state index contributed by atoms with van der Waals surface area (Å²) in [5.74, 6) is 0.586. The van der Waals surface area contributed by atoms with Gasteiger partial charge in [-0.3, -0.25) is 4.79 Å². The highest BCUT2D eigenvalue weighted by Gasteiger charge is 2.15. The molecule has 1 N–H and O–H groups in total. The molecule has 3 aromatic carbocycles. The molecule has 0 radical (unpaired) electrons. The van der Waals surface area contributed by atoms with Crippen LogP contribution in [0.3, 0.4) is 0 Å². The molecule has 4 nitrogen and oxygen atoms in total. The van der Waals surface area contributed by atoms with Crippen LogP contribution >= 0.6 is 23.2 Å². The number of nitrogens with one attached hydrogen (secondary N) is 1. The number of nitrogens with zero attached hydrogens (tertiary/aromatic N) is 1. The summed E-state index contributed by atoms with van der Waals surface area (Å²) in [7, 11) is 0. The van der Waals surface area contributed by atoms with Gasteiger partial charge >= 0.3 is 0 Å². The zero-order chi connectivity index (χ0) is 21.3. The van der Waals surface area contributed by atoms with Crippen molar-refractivity contribution in [3.05, 3.63) is 81.8 Å². The Kier molecular flexibility index (Phi) is 5.80. The first kappa shape index (κ1) is 20.5. The highest BCUT2D eigenvalue weighted by molar-refractivity contribution is 6.36. The third-order valence-corrected chi connectivity index (χ3v) is 5.83. The Morgan fingerprint density at radius 3 is 2.63 bits per heavy atom. The molecule has 30 heavy (non-hydrogen) atoms. The van der Waals surface area contributed by atoms with E-state index in [1.165, 1.54) is 5.56 Å².